The zero-order valence-electron chi connectivity index (χ0n) is 19.5. The highest BCUT2D eigenvalue weighted by atomic mass is 127. The van der Waals surface area contributed by atoms with Crippen LogP contribution in [-0.4, -0.2) is 57.6 Å². The first-order valence-corrected chi connectivity index (χ1v) is 12.9. The van der Waals surface area contributed by atoms with Crippen molar-refractivity contribution in [3.8, 4) is 0 Å². The summed E-state index contributed by atoms with van der Waals surface area (Å²) >= 11 is 13.4. The second-order valence-electron chi connectivity index (χ2n) is 6.97. The van der Waals surface area contributed by atoms with E-state index in [0.29, 0.717) is 21.6 Å². The second kappa shape index (κ2) is 14.2. The lowest BCUT2D eigenvalue weighted by Crippen LogP contribution is -2.39. The molecule has 0 heterocycles. The summed E-state index contributed by atoms with van der Waals surface area (Å²) in [5.74, 6) is 0. The van der Waals surface area contributed by atoms with E-state index in [-0.39, 0.29) is 0 Å². The summed E-state index contributed by atoms with van der Waals surface area (Å²) in [6, 6.07) is 18.1. The highest BCUT2D eigenvalue weighted by molar-refractivity contribution is 14.1. The molecule has 0 atom stereocenters. The van der Waals surface area contributed by atoms with E-state index in [0.717, 1.165) is 40.9 Å². The second-order valence-corrected chi connectivity index (χ2v) is 8.99. The normalized spacial score (nSPS) is 11.7. The van der Waals surface area contributed by atoms with Crippen LogP contribution in [-0.2, 0) is 0 Å². The Balaban J connectivity index is 2.55. The van der Waals surface area contributed by atoms with Crippen molar-refractivity contribution in [1.82, 2.24) is 20.7 Å². The lowest BCUT2D eigenvalue weighted by atomic mass is 10.00. The van der Waals surface area contributed by atoms with E-state index < -0.39 is 0 Å². The van der Waals surface area contributed by atoms with Crippen LogP contribution in [0.2, 0.25) is 0 Å². The number of halogens is 1. The molecule has 0 fully saturated rings. The summed E-state index contributed by atoms with van der Waals surface area (Å²) in [5, 5.41) is 10.6. The van der Waals surface area contributed by atoms with Gasteiger partial charge in [0, 0.05) is 40.9 Å². The molecule has 2 aromatic rings. The van der Waals surface area contributed by atoms with Crippen LogP contribution in [0.3, 0.4) is 0 Å². The number of benzene rings is 2. The fourth-order valence-corrected chi connectivity index (χ4v) is 4.05. The van der Waals surface area contributed by atoms with Crippen molar-refractivity contribution < 1.29 is 0 Å². The van der Waals surface area contributed by atoms with Crippen LogP contribution in [0, 0.1) is 3.57 Å². The standard InChI is InChI=1S/C24H31IN6S2/c1-5-30(6-2)23(32)28-26-21(18-12-10-9-11-13-18)22(19-14-16-20(25)17-15-19)27-29-24(33)31(7-3)8-4/h9-17H,5-8H2,1-4H3,(H,28,32)(H,29,33)/b26-21+,27-22+. The van der Waals surface area contributed by atoms with E-state index >= 15 is 0 Å². The monoisotopic (exact) mass is 594 g/mol. The molecule has 2 rings (SSSR count). The van der Waals surface area contributed by atoms with Gasteiger partial charge in [0.1, 0.15) is 11.4 Å². The third-order valence-corrected chi connectivity index (χ3v) is 6.44. The van der Waals surface area contributed by atoms with Gasteiger partial charge in [0.05, 0.1) is 0 Å². The van der Waals surface area contributed by atoms with Crippen molar-refractivity contribution in [3.05, 3.63) is 69.3 Å². The lowest BCUT2D eigenvalue weighted by Gasteiger charge is -2.22. The van der Waals surface area contributed by atoms with Crippen LogP contribution in [0.4, 0.5) is 0 Å². The predicted molar refractivity (Wildman–Crippen MR) is 156 cm³/mol. The number of hydrogen-bond acceptors (Lipinski definition) is 4. The molecule has 176 valence electrons. The molecule has 0 radical (unpaired) electrons. The van der Waals surface area contributed by atoms with Crippen LogP contribution in [0.25, 0.3) is 0 Å². The van der Waals surface area contributed by atoms with E-state index in [9.17, 15) is 0 Å². The van der Waals surface area contributed by atoms with Crippen molar-refractivity contribution in [3.63, 3.8) is 0 Å². The Morgan fingerprint density at radius 2 is 1.09 bits per heavy atom. The molecule has 33 heavy (non-hydrogen) atoms. The summed E-state index contributed by atoms with van der Waals surface area (Å²) in [5.41, 5.74) is 9.31. The highest BCUT2D eigenvalue weighted by Gasteiger charge is 2.17. The smallest absolute Gasteiger partial charge is 0.189 e. The third-order valence-electron chi connectivity index (χ3n) is 5.02. The molecule has 0 saturated heterocycles. The van der Waals surface area contributed by atoms with Crippen molar-refractivity contribution >= 4 is 68.7 Å². The lowest BCUT2D eigenvalue weighted by molar-refractivity contribution is 0.457. The maximum atomic E-state index is 5.56. The van der Waals surface area contributed by atoms with Gasteiger partial charge in [0.2, 0.25) is 0 Å². The van der Waals surface area contributed by atoms with Crippen LogP contribution in [0.15, 0.2) is 64.8 Å². The maximum absolute atomic E-state index is 5.56. The molecule has 0 unspecified atom stereocenters. The number of thiocarbonyl (C=S) groups is 2. The van der Waals surface area contributed by atoms with Gasteiger partial charge in [-0.25, -0.2) is 0 Å². The predicted octanol–water partition coefficient (Wildman–Crippen LogP) is 4.83. The Morgan fingerprint density at radius 3 is 1.48 bits per heavy atom. The fraction of sp³-hybridized carbons (Fsp3) is 0.333. The van der Waals surface area contributed by atoms with Crippen LogP contribution >= 0.6 is 47.0 Å². The maximum Gasteiger partial charge on any atom is 0.189 e. The SMILES string of the molecule is CCN(CC)C(=S)N/N=C(/C(=N/NC(=S)N(CC)CC)c1ccc(I)cc1)c1ccccc1. The summed E-state index contributed by atoms with van der Waals surface area (Å²) in [6.07, 6.45) is 0. The van der Waals surface area contributed by atoms with Gasteiger partial charge in [-0.15, -0.1) is 0 Å². The molecule has 0 spiro atoms. The van der Waals surface area contributed by atoms with Crippen molar-refractivity contribution in [2.45, 2.75) is 27.7 Å². The molecule has 0 aliphatic heterocycles. The average Bonchev–Trinajstić information content (AvgIpc) is 2.84. The minimum absolute atomic E-state index is 0.571. The molecule has 0 aromatic heterocycles. The van der Waals surface area contributed by atoms with Gasteiger partial charge in [-0.1, -0.05) is 42.5 Å². The van der Waals surface area contributed by atoms with E-state index in [4.69, 9.17) is 34.6 Å². The van der Waals surface area contributed by atoms with Crippen LogP contribution in [0.5, 0.6) is 0 Å². The van der Waals surface area contributed by atoms with Gasteiger partial charge in [-0.3, -0.25) is 10.9 Å². The number of nitrogens with one attached hydrogen (secondary N) is 2. The van der Waals surface area contributed by atoms with E-state index in [1.165, 1.54) is 0 Å². The van der Waals surface area contributed by atoms with E-state index in [1.54, 1.807) is 0 Å². The van der Waals surface area contributed by atoms with Crippen molar-refractivity contribution in [1.29, 1.82) is 0 Å². The summed E-state index contributed by atoms with van der Waals surface area (Å²) < 4.78 is 1.14. The minimum Gasteiger partial charge on any atom is -0.348 e. The van der Waals surface area contributed by atoms with Gasteiger partial charge >= 0.3 is 0 Å². The molecule has 0 saturated carbocycles. The minimum atomic E-state index is 0.571. The first-order chi connectivity index (χ1) is 15.9. The largest absolute Gasteiger partial charge is 0.348 e. The summed E-state index contributed by atoms with van der Waals surface area (Å²) in [7, 11) is 0. The number of rotatable bonds is 9. The van der Waals surface area contributed by atoms with Gasteiger partial charge in [0.15, 0.2) is 10.2 Å². The molecule has 0 aliphatic rings. The number of hydrogen-bond donors (Lipinski definition) is 2. The van der Waals surface area contributed by atoms with Gasteiger partial charge in [-0.2, -0.15) is 10.2 Å². The zero-order valence-corrected chi connectivity index (χ0v) is 23.3. The van der Waals surface area contributed by atoms with Crippen LogP contribution < -0.4 is 10.9 Å². The number of nitrogens with zero attached hydrogens (tertiary/aromatic N) is 4. The Hall–Kier alpha value is -2.11. The zero-order chi connectivity index (χ0) is 24.2. The Bertz CT molecular complexity index is 968. The molecule has 9 heteroatoms. The molecule has 0 aliphatic carbocycles. The molecule has 0 amide bonds. The van der Waals surface area contributed by atoms with Crippen molar-refractivity contribution in [2.75, 3.05) is 26.2 Å². The molecule has 2 N–H and O–H groups in total. The average molecular weight is 595 g/mol. The third kappa shape index (κ3) is 8.01. The molecular formula is C24H31IN6S2. The molecular weight excluding hydrogens is 563 g/mol. The van der Waals surface area contributed by atoms with Gasteiger partial charge < -0.3 is 9.80 Å². The van der Waals surface area contributed by atoms with Crippen molar-refractivity contribution in [2.24, 2.45) is 10.2 Å². The first kappa shape index (κ1) is 27.1. The molecule has 6 nitrogen and oxygen atoms in total. The van der Waals surface area contributed by atoms with Crippen LogP contribution in [0.1, 0.15) is 38.8 Å². The molecule has 2 aromatic carbocycles. The quantitative estimate of drug-likeness (QED) is 0.188. The van der Waals surface area contributed by atoms with Gasteiger partial charge in [-0.05, 0) is 86.9 Å². The first-order valence-electron chi connectivity index (χ1n) is 11.0. The topological polar surface area (TPSA) is 55.3 Å². The number of hydrazone groups is 2. The van der Waals surface area contributed by atoms with Gasteiger partial charge in [0.25, 0.3) is 0 Å². The molecule has 0 bridgehead atoms. The Labute approximate surface area is 221 Å². The Morgan fingerprint density at radius 1 is 0.697 bits per heavy atom. The Kier molecular flexibility index (Phi) is 11.7. The van der Waals surface area contributed by atoms with E-state index in [1.807, 2.05) is 64.4 Å². The van der Waals surface area contributed by atoms with E-state index in [2.05, 4.69) is 61.1 Å². The summed E-state index contributed by atoms with van der Waals surface area (Å²) in [4.78, 5) is 4.08. The fourth-order valence-electron chi connectivity index (χ4n) is 3.08. The summed E-state index contributed by atoms with van der Waals surface area (Å²) in [6.45, 7) is 11.5. The highest BCUT2D eigenvalue weighted by Crippen LogP contribution is 2.13.